The molecule has 3 aromatic rings. The first kappa shape index (κ1) is 24.8. The molecule has 2 N–H and O–H groups in total. The molecule has 8 nitrogen and oxygen atoms in total. The summed E-state index contributed by atoms with van der Waals surface area (Å²) in [7, 11) is -1.55. The number of benzene rings is 2. The number of hydrogen-bond donors (Lipinski definition) is 2. The summed E-state index contributed by atoms with van der Waals surface area (Å²) in [6.07, 6.45) is 0. The van der Waals surface area contributed by atoms with Crippen molar-refractivity contribution in [1.29, 1.82) is 0 Å². The quantitative estimate of drug-likeness (QED) is 0.525. The van der Waals surface area contributed by atoms with Gasteiger partial charge in [0.25, 0.3) is 5.91 Å². The molecule has 1 saturated heterocycles. The van der Waals surface area contributed by atoms with Gasteiger partial charge in [0.15, 0.2) is 0 Å². The second-order valence-electron chi connectivity index (χ2n) is 8.85. The van der Waals surface area contributed by atoms with Crippen molar-refractivity contribution >= 4 is 27.3 Å². The van der Waals surface area contributed by atoms with Crippen LogP contribution in [0.5, 0.6) is 0 Å². The molecule has 0 bridgehead atoms. The lowest BCUT2D eigenvalue weighted by Crippen LogP contribution is -2.44. The van der Waals surface area contributed by atoms with Crippen LogP contribution in [0.2, 0.25) is 0 Å². The number of hydrogen-bond acceptors (Lipinski definition) is 6. The molecule has 0 unspecified atom stereocenters. The molecule has 35 heavy (non-hydrogen) atoms. The van der Waals surface area contributed by atoms with E-state index in [9.17, 15) is 13.2 Å². The fourth-order valence-electron chi connectivity index (χ4n) is 3.95. The first-order chi connectivity index (χ1) is 16.7. The smallest absolute Gasteiger partial charge is 0.255 e. The number of rotatable bonds is 7. The van der Waals surface area contributed by atoms with Gasteiger partial charge in [0.1, 0.15) is 0 Å². The van der Waals surface area contributed by atoms with Crippen molar-refractivity contribution in [3.8, 4) is 0 Å². The zero-order valence-corrected chi connectivity index (χ0v) is 21.1. The highest BCUT2D eigenvalue weighted by molar-refractivity contribution is 7.89. The number of piperazine rings is 1. The standard InChI is InChI=1S/C26H31N5O3S/c1-19-4-13-25(20(2)28-19)29-26(32)22-7-5-21(6-8-22)18-27-35(33,34)24-11-9-23(10-12-24)31-16-14-30(3)15-17-31/h4-13,27H,14-18H2,1-3H3,(H,29,32). The lowest BCUT2D eigenvalue weighted by molar-refractivity contribution is 0.102. The first-order valence-electron chi connectivity index (χ1n) is 11.6. The number of carbonyl (C=O) groups is 1. The molecule has 9 heteroatoms. The molecule has 0 atom stereocenters. The summed E-state index contributed by atoms with van der Waals surface area (Å²) < 4.78 is 28.2. The van der Waals surface area contributed by atoms with Gasteiger partial charge in [0, 0.05) is 49.7 Å². The van der Waals surface area contributed by atoms with Gasteiger partial charge < -0.3 is 15.1 Å². The number of nitrogens with zero attached hydrogens (tertiary/aromatic N) is 3. The maximum atomic E-state index is 12.8. The minimum Gasteiger partial charge on any atom is -0.369 e. The summed E-state index contributed by atoms with van der Waals surface area (Å²) in [6.45, 7) is 7.71. The van der Waals surface area contributed by atoms with Crippen LogP contribution in [0.3, 0.4) is 0 Å². The van der Waals surface area contributed by atoms with E-state index in [1.54, 1.807) is 36.4 Å². The summed E-state index contributed by atoms with van der Waals surface area (Å²) in [4.78, 5) is 21.7. The van der Waals surface area contributed by atoms with E-state index < -0.39 is 10.0 Å². The molecular weight excluding hydrogens is 462 g/mol. The Morgan fingerprint density at radius 2 is 1.57 bits per heavy atom. The fraction of sp³-hybridized carbons (Fsp3) is 0.308. The number of carbonyl (C=O) groups excluding carboxylic acids is 1. The molecule has 1 amide bonds. The summed E-state index contributed by atoms with van der Waals surface area (Å²) in [5.74, 6) is -0.244. The molecule has 0 radical (unpaired) electrons. The molecule has 0 spiro atoms. The average Bonchev–Trinajstić information content (AvgIpc) is 2.85. The number of amides is 1. The van der Waals surface area contributed by atoms with Gasteiger partial charge in [0.05, 0.1) is 16.3 Å². The summed E-state index contributed by atoms with van der Waals surface area (Å²) in [6, 6.07) is 17.5. The maximum Gasteiger partial charge on any atom is 0.255 e. The second kappa shape index (κ2) is 10.6. The molecule has 1 fully saturated rings. The van der Waals surface area contributed by atoms with E-state index >= 15 is 0 Å². The third-order valence-corrected chi connectivity index (χ3v) is 7.59. The summed E-state index contributed by atoms with van der Waals surface area (Å²) >= 11 is 0. The predicted octanol–water partition coefficient (Wildman–Crippen LogP) is 3.18. The minimum absolute atomic E-state index is 0.130. The number of likely N-dealkylation sites (N-methyl/N-ethyl adjacent to an activating group) is 1. The van der Waals surface area contributed by atoms with E-state index in [2.05, 4.69) is 31.9 Å². The minimum atomic E-state index is -3.65. The second-order valence-corrected chi connectivity index (χ2v) is 10.6. The van der Waals surface area contributed by atoms with Gasteiger partial charge in [-0.25, -0.2) is 13.1 Å². The Hall–Kier alpha value is -3.27. The lowest BCUT2D eigenvalue weighted by atomic mass is 10.1. The van der Waals surface area contributed by atoms with Crippen LogP contribution < -0.4 is 14.9 Å². The van der Waals surface area contributed by atoms with Gasteiger partial charge in [0.2, 0.25) is 10.0 Å². The van der Waals surface area contributed by atoms with Crippen LogP contribution in [0.15, 0.2) is 65.6 Å². The van der Waals surface area contributed by atoms with Gasteiger partial charge in [-0.2, -0.15) is 0 Å². The number of sulfonamides is 1. The molecule has 2 aromatic carbocycles. The highest BCUT2D eigenvalue weighted by Gasteiger charge is 2.17. The van der Waals surface area contributed by atoms with Crippen molar-refractivity contribution in [2.45, 2.75) is 25.3 Å². The van der Waals surface area contributed by atoms with Crippen LogP contribution in [-0.4, -0.2) is 57.4 Å². The first-order valence-corrected chi connectivity index (χ1v) is 13.1. The monoisotopic (exact) mass is 493 g/mol. The van der Waals surface area contributed by atoms with Gasteiger partial charge in [-0.15, -0.1) is 0 Å². The number of aryl methyl sites for hydroxylation is 2. The van der Waals surface area contributed by atoms with E-state index in [1.165, 1.54) is 0 Å². The number of aromatic nitrogens is 1. The molecule has 2 heterocycles. The van der Waals surface area contributed by atoms with Gasteiger partial charge in [-0.05, 0) is 75.0 Å². The Kier molecular flexibility index (Phi) is 7.49. The van der Waals surface area contributed by atoms with Crippen molar-refractivity contribution in [2.24, 2.45) is 0 Å². The predicted molar refractivity (Wildman–Crippen MR) is 138 cm³/mol. The summed E-state index contributed by atoms with van der Waals surface area (Å²) in [5.41, 5.74) is 4.57. The van der Waals surface area contributed by atoms with Crippen molar-refractivity contribution in [1.82, 2.24) is 14.6 Å². The van der Waals surface area contributed by atoms with Crippen molar-refractivity contribution in [2.75, 3.05) is 43.4 Å². The molecule has 1 aliphatic heterocycles. The van der Waals surface area contributed by atoms with E-state index in [0.29, 0.717) is 11.3 Å². The van der Waals surface area contributed by atoms with Gasteiger partial charge in [-0.1, -0.05) is 12.1 Å². The topological polar surface area (TPSA) is 94.6 Å². The largest absolute Gasteiger partial charge is 0.369 e. The molecule has 1 aromatic heterocycles. The number of nitrogens with one attached hydrogen (secondary N) is 2. The van der Waals surface area contributed by atoms with Crippen LogP contribution in [0.4, 0.5) is 11.4 Å². The van der Waals surface area contributed by atoms with Crippen molar-refractivity contribution in [3.05, 3.63) is 83.2 Å². The number of anilines is 2. The highest BCUT2D eigenvalue weighted by Crippen LogP contribution is 2.20. The third-order valence-electron chi connectivity index (χ3n) is 6.17. The lowest BCUT2D eigenvalue weighted by Gasteiger charge is -2.34. The maximum absolute atomic E-state index is 12.8. The van der Waals surface area contributed by atoms with Gasteiger partial charge in [-0.3, -0.25) is 9.78 Å². The molecule has 1 aliphatic rings. The Balaban J connectivity index is 1.34. The van der Waals surface area contributed by atoms with E-state index in [0.717, 1.165) is 48.8 Å². The van der Waals surface area contributed by atoms with Crippen LogP contribution in [0, 0.1) is 13.8 Å². The van der Waals surface area contributed by atoms with Gasteiger partial charge >= 0.3 is 0 Å². The van der Waals surface area contributed by atoms with E-state index in [1.807, 2.05) is 38.1 Å². The Labute approximate surface area is 207 Å². The van der Waals surface area contributed by atoms with E-state index in [4.69, 9.17) is 0 Å². The molecule has 4 rings (SSSR count). The average molecular weight is 494 g/mol. The Morgan fingerprint density at radius 3 is 2.20 bits per heavy atom. The van der Waals surface area contributed by atoms with Crippen molar-refractivity contribution < 1.29 is 13.2 Å². The van der Waals surface area contributed by atoms with Crippen LogP contribution in [0.1, 0.15) is 27.3 Å². The highest BCUT2D eigenvalue weighted by atomic mass is 32.2. The van der Waals surface area contributed by atoms with Crippen LogP contribution in [-0.2, 0) is 16.6 Å². The third kappa shape index (κ3) is 6.25. The van der Waals surface area contributed by atoms with Crippen LogP contribution >= 0.6 is 0 Å². The zero-order chi connectivity index (χ0) is 25.0. The Bertz CT molecular complexity index is 1280. The van der Waals surface area contributed by atoms with Crippen molar-refractivity contribution in [3.63, 3.8) is 0 Å². The van der Waals surface area contributed by atoms with Crippen LogP contribution in [0.25, 0.3) is 0 Å². The molecule has 184 valence electrons. The SMILES string of the molecule is Cc1ccc(NC(=O)c2ccc(CNS(=O)(=O)c3ccc(N4CCN(C)CC4)cc3)cc2)c(C)n1. The molecule has 0 aliphatic carbocycles. The molecular formula is C26H31N5O3S. The summed E-state index contributed by atoms with van der Waals surface area (Å²) in [5, 5.41) is 2.86. The fourth-order valence-corrected chi connectivity index (χ4v) is 4.97. The number of pyridine rings is 1. The Morgan fingerprint density at radius 1 is 0.914 bits per heavy atom. The van der Waals surface area contributed by atoms with E-state index in [-0.39, 0.29) is 17.3 Å². The zero-order valence-electron chi connectivity index (χ0n) is 20.3. The normalized spacial score (nSPS) is 14.7. The molecule has 0 saturated carbocycles.